The van der Waals surface area contributed by atoms with Crippen LogP contribution in [-0.2, 0) is 0 Å². The Labute approximate surface area is 135 Å². The molecule has 2 bridgehead atoms. The highest BCUT2D eigenvalue weighted by atomic mass is 16.5. The lowest BCUT2D eigenvalue weighted by Crippen LogP contribution is -2.44. The van der Waals surface area contributed by atoms with Crippen LogP contribution < -0.4 is 10.1 Å². The van der Waals surface area contributed by atoms with Crippen molar-refractivity contribution in [3.05, 3.63) is 24.3 Å². The molecule has 2 saturated heterocycles. The minimum absolute atomic E-state index is 0.424. The second-order valence-electron chi connectivity index (χ2n) is 6.50. The number of hydrogen-bond donors (Lipinski definition) is 1. The summed E-state index contributed by atoms with van der Waals surface area (Å²) in [5.41, 5.74) is 0.898. The van der Waals surface area contributed by atoms with Gasteiger partial charge in [-0.3, -0.25) is 0 Å². The molecule has 0 spiro atoms. The monoisotopic (exact) mass is 314 g/mol. The van der Waals surface area contributed by atoms with Crippen LogP contribution in [0.4, 0.5) is 6.01 Å². The molecule has 2 unspecified atom stereocenters. The molecule has 2 fully saturated rings. The topological polar surface area (TPSA) is 63.4 Å². The van der Waals surface area contributed by atoms with E-state index in [0.717, 1.165) is 24.2 Å². The van der Waals surface area contributed by atoms with E-state index in [4.69, 9.17) is 9.15 Å². The quantitative estimate of drug-likeness (QED) is 0.936. The van der Waals surface area contributed by atoms with Gasteiger partial charge in [-0.2, -0.15) is 0 Å². The Morgan fingerprint density at radius 3 is 2.48 bits per heavy atom. The average Bonchev–Trinajstić information content (AvgIpc) is 3.09. The number of methoxy groups -OCH3 is 1. The van der Waals surface area contributed by atoms with Crippen molar-refractivity contribution in [1.82, 2.24) is 15.1 Å². The molecule has 122 valence electrons. The predicted octanol–water partition coefficient (Wildman–Crippen LogP) is 2.78. The summed E-state index contributed by atoms with van der Waals surface area (Å²) in [6.45, 7) is 0. The first kappa shape index (κ1) is 14.5. The lowest BCUT2D eigenvalue weighted by molar-refractivity contribution is 0.168. The van der Waals surface area contributed by atoms with Crippen LogP contribution in [0.25, 0.3) is 11.5 Å². The van der Waals surface area contributed by atoms with Crippen LogP contribution in [0.2, 0.25) is 0 Å². The highest BCUT2D eigenvalue weighted by Gasteiger charge is 2.38. The summed E-state index contributed by atoms with van der Waals surface area (Å²) >= 11 is 0. The van der Waals surface area contributed by atoms with E-state index >= 15 is 0 Å². The van der Waals surface area contributed by atoms with Gasteiger partial charge < -0.3 is 19.4 Å². The van der Waals surface area contributed by atoms with Gasteiger partial charge >= 0.3 is 6.01 Å². The molecule has 3 heterocycles. The summed E-state index contributed by atoms with van der Waals surface area (Å²) in [4.78, 5) is 2.52. The van der Waals surface area contributed by atoms with E-state index in [1.807, 2.05) is 24.3 Å². The highest BCUT2D eigenvalue weighted by molar-refractivity contribution is 5.54. The number of rotatable bonds is 4. The number of nitrogens with zero attached hydrogens (tertiary/aromatic N) is 3. The van der Waals surface area contributed by atoms with Gasteiger partial charge in [0.25, 0.3) is 0 Å². The standard InChI is InChI=1S/C17H22N4O2/c1-21-13-5-6-14(21)10-12(9-13)18-17-20-19-16(23-17)11-3-7-15(22-2)8-4-11/h3-4,7-8,12-14H,5-6,9-10H2,1-2H3,(H,18,20). The van der Waals surface area contributed by atoms with E-state index in [0.29, 0.717) is 30.0 Å². The maximum absolute atomic E-state index is 5.78. The Morgan fingerprint density at radius 2 is 1.83 bits per heavy atom. The van der Waals surface area contributed by atoms with Gasteiger partial charge in [0.1, 0.15) is 5.75 Å². The molecule has 0 amide bonds. The Bertz CT molecular complexity index is 655. The summed E-state index contributed by atoms with van der Waals surface area (Å²) in [6, 6.07) is 9.95. The predicted molar refractivity (Wildman–Crippen MR) is 87.5 cm³/mol. The highest BCUT2D eigenvalue weighted by Crippen LogP contribution is 2.35. The third-order valence-electron chi connectivity index (χ3n) is 5.19. The molecule has 2 aliphatic rings. The Hall–Kier alpha value is -2.08. The number of fused-ring (bicyclic) bond motifs is 2. The van der Waals surface area contributed by atoms with E-state index in [1.54, 1.807) is 7.11 Å². The maximum Gasteiger partial charge on any atom is 0.315 e. The Kier molecular flexibility index (Phi) is 3.69. The van der Waals surface area contributed by atoms with Crippen molar-refractivity contribution in [1.29, 1.82) is 0 Å². The number of hydrogen-bond acceptors (Lipinski definition) is 6. The fourth-order valence-electron chi connectivity index (χ4n) is 3.84. The third-order valence-corrected chi connectivity index (χ3v) is 5.19. The van der Waals surface area contributed by atoms with Gasteiger partial charge in [-0.1, -0.05) is 5.10 Å². The van der Waals surface area contributed by atoms with Crippen molar-refractivity contribution >= 4 is 6.01 Å². The van der Waals surface area contributed by atoms with Gasteiger partial charge in [0.05, 0.1) is 7.11 Å². The van der Waals surface area contributed by atoms with Crippen molar-refractivity contribution in [3.8, 4) is 17.2 Å². The van der Waals surface area contributed by atoms with E-state index < -0.39 is 0 Å². The number of ether oxygens (including phenoxy) is 1. The molecule has 1 aromatic heterocycles. The van der Waals surface area contributed by atoms with E-state index in [2.05, 4.69) is 27.5 Å². The van der Waals surface area contributed by atoms with Crippen LogP contribution in [0.15, 0.2) is 28.7 Å². The molecule has 1 aromatic carbocycles. The van der Waals surface area contributed by atoms with Crippen molar-refractivity contribution in [2.45, 2.75) is 43.8 Å². The molecule has 23 heavy (non-hydrogen) atoms. The van der Waals surface area contributed by atoms with Gasteiger partial charge in [-0.05, 0) is 57.0 Å². The smallest absolute Gasteiger partial charge is 0.315 e. The summed E-state index contributed by atoms with van der Waals surface area (Å²) in [5, 5.41) is 11.7. The molecule has 1 N–H and O–H groups in total. The normalized spacial score (nSPS) is 27.1. The minimum atomic E-state index is 0.424. The molecule has 0 saturated carbocycles. The molecule has 2 atom stereocenters. The number of benzene rings is 1. The molecule has 2 aromatic rings. The van der Waals surface area contributed by atoms with Crippen LogP contribution in [0, 0.1) is 0 Å². The van der Waals surface area contributed by atoms with E-state index in [-0.39, 0.29) is 0 Å². The van der Waals surface area contributed by atoms with Crippen molar-refractivity contribution < 1.29 is 9.15 Å². The zero-order chi connectivity index (χ0) is 15.8. The first-order valence-electron chi connectivity index (χ1n) is 8.19. The van der Waals surface area contributed by atoms with Gasteiger partial charge in [-0.15, -0.1) is 5.10 Å². The first-order chi connectivity index (χ1) is 11.2. The van der Waals surface area contributed by atoms with Crippen LogP contribution in [0.3, 0.4) is 0 Å². The fraction of sp³-hybridized carbons (Fsp3) is 0.529. The zero-order valence-corrected chi connectivity index (χ0v) is 13.5. The fourth-order valence-corrected chi connectivity index (χ4v) is 3.84. The lowest BCUT2D eigenvalue weighted by Gasteiger charge is -2.36. The van der Waals surface area contributed by atoms with Crippen LogP contribution in [-0.4, -0.2) is 47.4 Å². The summed E-state index contributed by atoms with van der Waals surface area (Å²) in [5.74, 6) is 1.35. The number of nitrogens with one attached hydrogen (secondary N) is 1. The molecule has 6 nitrogen and oxygen atoms in total. The van der Waals surface area contributed by atoms with E-state index in [9.17, 15) is 0 Å². The van der Waals surface area contributed by atoms with Crippen LogP contribution >= 0.6 is 0 Å². The van der Waals surface area contributed by atoms with Crippen LogP contribution in [0.1, 0.15) is 25.7 Å². The molecular formula is C17H22N4O2. The zero-order valence-electron chi connectivity index (χ0n) is 13.5. The van der Waals surface area contributed by atoms with Gasteiger partial charge in [-0.25, -0.2) is 0 Å². The Morgan fingerprint density at radius 1 is 1.13 bits per heavy atom. The summed E-state index contributed by atoms with van der Waals surface area (Å²) < 4.78 is 10.9. The van der Waals surface area contributed by atoms with Crippen LogP contribution in [0.5, 0.6) is 5.75 Å². The number of piperidine rings is 1. The van der Waals surface area contributed by atoms with E-state index in [1.165, 1.54) is 12.8 Å². The second-order valence-corrected chi connectivity index (χ2v) is 6.50. The molecule has 2 aliphatic heterocycles. The third kappa shape index (κ3) is 2.79. The number of anilines is 1. The molecule has 0 radical (unpaired) electrons. The Balaban J connectivity index is 1.44. The number of aromatic nitrogens is 2. The first-order valence-corrected chi connectivity index (χ1v) is 8.19. The van der Waals surface area contributed by atoms with Gasteiger partial charge in [0, 0.05) is 23.7 Å². The van der Waals surface area contributed by atoms with Gasteiger partial charge in [0.2, 0.25) is 5.89 Å². The van der Waals surface area contributed by atoms with Crippen molar-refractivity contribution in [2.24, 2.45) is 0 Å². The van der Waals surface area contributed by atoms with Crippen molar-refractivity contribution in [2.75, 3.05) is 19.5 Å². The average molecular weight is 314 g/mol. The molecule has 4 rings (SSSR count). The second kappa shape index (κ2) is 5.85. The maximum atomic E-state index is 5.78. The minimum Gasteiger partial charge on any atom is -0.497 e. The van der Waals surface area contributed by atoms with Crippen molar-refractivity contribution in [3.63, 3.8) is 0 Å². The summed E-state index contributed by atoms with van der Waals surface area (Å²) in [7, 11) is 3.89. The van der Waals surface area contributed by atoms with Gasteiger partial charge in [0.15, 0.2) is 0 Å². The SMILES string of the molecule is COc1ccc(-c2nnc(NC3CC4CCC(C3)N4C)o2)cc1. The largest absolute Gasteiger partial charge is 0.497 e. The molecular weight excluding hydrogens is 292 g/mol. The lowest BCUT2D eigenvalue weighted by atomic mass is 9.98. The molecule has 0 aliphatic carbocycles. The summed E-state index contributed by atoms with van der Waals surface area (Å²) in [6.07, 6.45) is 4.90. The molecule has 6 heteroatoms.